The largest absolute Gasteiger partial charge is 0.411 e. The van der Waals surface area contributed by atoms with E-state index in [1.807, 2.05) is 24.3 Å². The van der Waals surface area contributed by atoms with Crippen molar-refractivity contribution in [1.82, 2.24) is 20.8 Å². The maximum absolute atomic E-state index is 11.9. The molecule has 0 unspecified atom stereocenters. The zero-order valence-electron chi connectivity index (χ0n) is 14.0. The van der Waals surface area contributed by atoms with Crippen molar-refractivity contribution in [3.8, 4) is 11.5 Å². The lowest BCUT2D eigenvalue weighted by Gasteiger charge is -2.22. The van der Waals surface area contributed by atoms with Gasteiger partial charge in [0, 0.05) is 16.1 Å². The average molecular weight is 439 g/mol. The number of amides is 3. The third-order valence-corrected chi connectivity index (χ3v) is 5.36. The van der Waals surface area contributed by atoms with Gasteiger partial charge >= 0.3 is 6.03 Å². The van der Waals surface area contributed by atoms with Crippen LogP contribution in [-0.4, -0.2) is 33.9 Å². The molecular formula is C17H19BrN4O3S. The van der Waals surface area contributed by atoms with Crippen molar-refractivity contribution in [2.45, 2.75) is 43.4 Å². The van der Waals surface area contributed by atoms with E-state index in [0.29, 0.717) is 5.89 Å². The zero-order chi connectivity index (χ0) is 18.4. The van der Waals surface area contributed by atoms with Gasteiger partial charge in [-0.25, -0.2) is 4.79 Å². The Balaban J connectivity index is 1.44. The summed E-state index contributed by atoms with van der Waals surface area (Å²) in [5.74, 6) is 0.0159. The number of urea groups is 1. The third kappa shape index (κ3) is 5.57. The first-order chi connectivity index (χ1) is 12.6. The van der Waals surface area contributed by atoms with E-state index in [0.717, 1.165) is 47.5 Å². The Hall–Kier alpha value is -1.87. The molecular weight excluding hydrogens is 420 g/mol. The number of hydrogen-bond donors (Lipinski definition) is 2. The van der Waals surface area contributed by atoms with Crippen molar-refractivity contribution >= 4 is 39.6 Å². The highest BCUT2D eigenvalue weighted by molar-refractivity contribution is 9.10. The molecule has 138 valence electrons. The fraction of sp³-hybridized carbons (Fsp3) is 0.412. The van der Waals surface area contributed by atoms with Gasteiger partial charge in [-0.05, 0) is 37.1 Å². The normalized spacial score (nSPS) is 14.8. The van der Waals surface area contributed by atoms with Crippen LogP contribution in [-0.2, 0) is 4.79 Å². The molecule has 0 radical (unpaired) electrons. The van der Waals surface area contributed by atoms with Crippen molar-refractivity contribution in [1.29, 1.82) is 0 Å². The first-order valence-electron chi connectivity index (χ1n) is 8.43. The zero-order valence-corrected chi connectivity index (χ0v) is 16.4. The van der Waals surface area contributed by atoms with Gasteiger partial charge in [-0.2, -0.15) is 0 Å². The molecule has 0 bridgehead atoms. The maximum Gasteiger partial charge on any atom is 0.321 e. The summed E-state index contributed by atoms with van der Waals surface area (Å²) < 4.78 is 6.49. The molecule has 7 nitrogen and oxygen atoms in total. The van der Waals surface area contributed by atoms with E-state index in [2.05, 4.69) is 36.8 Å². The van der Waals surface area contributed by atoms with Gasteiger partial charge in [-0.1, -0.05) is 47.0 Å². The van der Waals surface area contributed by atoms with Crippen LogP contribution in [0.5, 0.6) is 0 Å². The number of imide groups is 1. The SMILES string of the molecule is O=C(CSc1nnc(-c2ccc(Br)cc2)o1)NC(=O)NC1CCCCC1. The van der Waals surface area contributed by atoms with Gasteiger partial charge in [0.2, 0.25) is 11.8 Å². The van der Waals surface area contributed by atoms with Crippen LogP contribution >= 0.6 is 27.7 Å². The number of benzene rings is 1. The second kappa shape index (κ2) is 9.18. The Morgan fingerprint density at radius 1 is 1.15 bits per heavy atom. The second-order valence-corrected chi connectivity index (χ2v) is 7.87. The molecule has 0 atom stereocenters. The molecule has 26 heavy (non-hydrogen) atoms. The quantitative estimate of drug-likeness (QED) is 0.689. The summed E-state index contributed by atoms with van der Waals surface area (Å²) in [5.41, 5.74) is 0.795. The van der Waals surface area contributed by atoms with E-state index in [4.69, 9.17) is 4.42 Å². The summed E-state index contributed by atoms with van der Waals surface area (Å²) in [7, 11) is 0. The van der Waals surface area contributed by atoms with Crippen LogP contribution < -0.4 is 10.6 Å². The highest BCUT2D eigenvalue weighted by Crippen LogP contribution is 2.24. The number of carbonyl (C=O) groups excluding carboxylic acids is 2. The van der Waals surface area contributed by atoms with Crippen molar-refractivity contribution in [3.63, 3.8) is 0 Å². The van der Waals surface area contributed by atoms with Gasteiger partial charge in [0.15, 0.2) is 0 Å². The topological polar surface area (TPSA) is 97.1 Å². The maximum atomic E-state index is 11.9. The summed E-state index contributed by atoms with van der Waals surface area (Å²) >= 11 is 4.46. The van der Waals surface area contributed by atoms with Crippen LogP contribution in [0.1, 0.15) is 32.1 Å². The molecule has 2 N–H and O–H groups in total. The van der Waals surface area contributed by atoms with Crippen LogP contribution in [0.4, 0.5) is 4.79 Å². The van der Waals surface area contributed by atoms with Crippen LogP contribution in [0, 0.1) is 0 Å². The van der Waals surface area contributed by atoms with E-state index in [-0.39, 0.29) is 17.0 Å². The van der Waals surface area contributed by atoms with Crippen LogP contribution in [0.2, 0.25) is 0 Å². The molecule has 9 heteroatoms. The fourth-order valence-electron chi connectivity index (χ4n) is 2.74. The highest BCUT2D eigenvalue weighted by Gasteiger charge is 2.17. The number of halogens is 1. The average Bonchev–Trinajstić information content (AvgIpc) is 3.10. The first kappa shape index (κ1) is 18.9. The second-order valence-electron chi connectivity index (χ2n) is 6.03. The predicted octanol–water partition coefficient (Wildman–Crippen LogP) is 3.75. The lowest BCUT2D eigenvalue weighted by Crippen LogP contribution is -2.45. The molecule has 1 aliphatic rings. The number of rotatable bonds is 5. The molecule has 1 aromatic heterocycles. The molecule has 1 fully saturated rings. The molecule has 3 rings (SSSR count). The molecule has 2 aromatic rings. The van der Waals surface area contributed by atoms with Crippen molar-refractivity contribution in [3.05, 3.63) is 28.7 Å². The molecule has 1 heterocycles. The van der Waals surface area contributed by atoms with Crippen LogP contribution in [0.25, 0.3) is 11.5 Å². The minimum absolute atomic E-state index is 0.0278. The van der Waals surface area contributed by atoms with Crippen LogP contribution in [0.3, 0.4) is 0 Å². The lowest BCUT2D eigenvalue weighted by molar-refractivity contribution is -0.117. The molecule has 0 spiro atoms. The summed E-state index contributed by atoms with van der Waals surface area (Å²) in [4.78, 5) is 23.7. The van der Waals surface area contributed by atoms with Gasteiger partial charge in [0.1, 0.15) is 0 Å². The Kier molecular flexibility index (Phi) is 6.67. The standard InChI is InChI=1S/C17H19BrN4O3S/c18-12-8-6-11(7-9-12)15-21-22-17(25-15)26-10-14(23)20-16(24)19-13-4-2-1-3-5-13/h6-9,13H,1-5,10H2,(H2,19,20,23,24). The van der Waals surface area contributed by atoms with Crippen molar-refractivity contribution in [2.75, 3.05) is 5.75 Å². The minimum Gasteiger partial charge on any atom is -0.411 e. The Morgan fingerprint density at radius 2 is 1.88 bits per heavy atom. The lowest BCUT2D eigenvalue weighted by atomic mass is 9.96. The number of carbonyl (C=O) groups is 2. The van der Waals surface area contributed by atoms with Gasteiger partial charge < -0.3 is 9.73 Å². The van der Waals surface area contributed by atoms with Gasteiger partial charge in [0.05, 0.1) is 5.75 Å². The Bertz CT molecular complexity index is 760. The van der Waals surface area contributed by atoms with Gasteiger partial charge in [-0.15, -0.1) is 10.2 Å². The van der Waals surface area contributed by atoms with Gasteiger partial charge in [-0.3, -0.25) is 10.1 Å². The van der Waals surface area contributed by atoms with E-state index in [9.17, 15) is 9.59 Å². The van der Waals surface area contributed by atoms with E-state index >= 15 is 0 Å². The third-order valence-electron chi connectivity index (χ3n) is 4.02. The van der Waals surface area contributed by atoms with E-state index in [1.54, 1.807) is 0 Å². The monoisotopic (exact) mass is 438 g/mol. The minimum atomic E-state index is -0.441. The van der Waals surface area contributed by atoms with E-state index in [1.165, 1.54) is 6.42 Å². The van der Waals surface area contributed by atoms with Crippen molar-refractivity contribution < 1.29 is 14.0 Å². The summed E-state index contributed by atoms with van der Waals surface area (Å²) in [5, 5.41) is 13.3. The first-order valence-corrected chi connectivity index (χ1v) is 10.2. The summed E-state index contributed by atoms with van der Waals surface area (Å²) in [6.45, 7) is 0. The molecule has 1 saturated carbocycles. The number of hydrogen-bond acceptors (Lipinski definition) is 6. The number of nitrogens with zero attached hydrogens (tertiary/aromatic N) is 2. The molecule has 1 aliphatic carbocycles. The van der Waals surface area contributed by atoms with Crippen LogP contribution in [0.15, 0.2) is 38.4 Å². The Labute approximate surface area is 163 Å². The molecule has 3 amide bonds. The predicted molar refractivity (Wildman–Crippen MR) is 102 cm³/mol. The van der Waals surface area contributed by atoms with Crippen molar-refractivity contribution in [2.24, 2.45) is 0 Å². The van der Waals surface area contributed by atoms with Gasteiger partial charge in [0.25, 0.3) is 5.22 Å². The molecule has 1 aromatic carbocycles. The molecule has 0 saturated heterocycles. The summed E-state index contributed by atoms with van der Waals surface area (Å²) in [6.07, 6.45) is 5.38. The smallest absolute Gasteiger partial charge is 0.321 e. The van der Waals surface area contributed by atoms with E-state index < -0.39 is 11.9 Å². The Morgan fingerprint density at radius 3 is 2.62 bits per heavy atom. The molecule has 0 aliphatic heterocycles. The number of nitrogens with one attached hydrogen (secondary N) is 2. The number of thioether (sulfide) groups is 1. The number of aromatic nitrogens is 2. The highest BCUT2D eigenvalue weighted by atomic mass is 79.9. The summed E-state index contributed by atoms with van der Waals surface area (Å²) in [6, 6.07) is 7.19. The fourth-order valence-corrected chi connectivity index (χ4v) is 3.56.